The van der Waals surface area contributed by atoms with E-state index < -0.39 is 15.1 Å². The van der Waals surface area contributed by atoms with Gasteiger partial charge in [-0.3, -0.25) is 9.59 Å². The fourth-order valence-electron chi connectivity index (χ4n) is 2.88. The third-order valence-electron chi connectivity index (χ3n) is 4.65. The molecule has 2 amide bonds. The van der Waals surface area contributed by atoms with Crippen molar-refractivity contribution in [2.45, 2.75) is 47.1 Å². The summed E-state index contributed by atoms with van der Waals surface area (Å²) in [5.41, 5.74) is 1.24. The van der Waals surface area contributed by atoms with Crippen LogP contribution in [0.25, 0.3) is 0 Å². The van der Waals surface area contributed by atoms with Gasteiger partial charge in [0.25, 0.3) is 0 Å². The Morgan fingerprint density at radius 1 is 1.28 bits per heavy atom. The van der Waals surface area contributed by atoms with E-state index in [4.69, 9.17) is 11.6 Å². The van der Waals surface area contributed by atoms with E-state index in [1.54, 1.807) is 31.2 Å². The molecule has 2 N–H and O–H groups in total. The molecule has 0 radical (unpaired) electrons. The molecule has 0 bridgehead atoms. The molecular formula is C20H21ClN2O4S2. The number of sulfone groups is 1. The number of hydrogen-bond acceptors (Lipinski definition) is 5. The molecule has 0 aromatic heterocycles. The molecule has 0 unspecified atom stereocenters. The van der Waals surface area contributed by atoms with Crippen molar-refractivity contribution in [1.82, 2.24) is 5.32 Å². The average Bonchev–Trinajstić information content (AvgIpc) is 2.67. The van der Waals surface area contributed by atoms with E-state index in [1.807, 2.05) is 6.07 Å². The second-order valence-corrected chi connectivity index (χ2v) is 11.0. The number of benzene rings is 2. The Bertz CT molecular complexity index is 1060. The van der Waals surface area contributed by atoms with E-state index in [2.05, 4.69) is 10.6 Å². The van der Waals surface area contributed by atoms with Gasteiger partial charge in [0, 0.05) is 22.9 Å². The molecule has 0 spiro atoms. The van der Waals surface area contributed by atoms with Crippen LogP contribution < -0.4 is 10.6 Å². The largest absolute Gasteiger partial charge is 0.352 e. The molecule has 1 aliphatic heterocycles. The number of rotatable bonds is 6. The van der Waals surface area contributed by atoms with Gasteiger partial charge in [0.05, 0.1) is 21.1 Å². The molecule has 2 aromatic rings. The first kappa shape index (κ1) is 21.7. The Hall–Kier alpha value is -2.03. The van der Waals surface area contributed by atoms with E-state index in [-0.39, 0.29) is 34.9 Å². The SMILES string of the molecule is C[C@H](CC(=O)NCc1ccccc1Cl)S(=O)(=O)c1ccc2c(c1)NC(=O)[C@@H](C)S2. The molecule has 154 valence electrons. The van der Waals surface area contributed by atoms with Crippen LogP contribution in [0.15, 0.2) is 52.3 Å². The summed E-state index contributed by atoms with van der Waals surface area (Å²) < 4.78 is 25.8. The Morgan fingerprint density at radius 3 is 2.72 bits per heavy atom. The summed E-state index contributed by atoms with van der Waals surface area (Å²) in [6, 6.07) is 11.8. The second kappa shape index (κ2) is 8.77. The predicted molar refractivity (Wildman–Crippen MR) is 115 cm³/mol. The predicted octanol–water partition coefficient (Wildman–Crippen LogP) is 3.64. The number of hydrogen-bond donors (Lipinski definition) is 2. The van der Waals surface area contributed by atoms with Gasteiger partial charge in [-0.2, -0.15) is 0 Å². The molecule has 1 aliphatic rings. The molecule has 2 aromatic carbocycles. The minimum absolute atomic E-state index is 0.0816. The minimum atomic E-state index is -3.74. The van der Waals surface area contributed by atoms with Crippen LogP contribution in [0.3, 0.4) is 0 Å². The molecule has 6 nitrogen and oxygen atoms in total. The van der Waals surface area contributed by atoms with Gasteiger partial charge in [-0.1, -0.05) is 29.8 Å². The van der Waals surface area contributed by atoms with Crippen LogP contribution in [0.2, 0.25) is 5.02 Å². The van der Waals surface area contributed by atoms with Crippen LogP contribution in [0.4, 0.5) is 5.69 Å². The summed E-state index contributed by atoms with van der Waals surface area (Å²) in [5, 5.41) is 4.83. The minimum Gasteiger partial charge on any atom is -0.352 e. The van der Waals surface area contributed by atoms with Gasteiger partial charge in [-0.05, 0) is 43.7 Å². The van der Waals surface area contributed by atoms with Crippen LogP contribution in [0.5, 0.6) is 0 Å². The van der Waals surface area contributed by atoms with Crippen LogP contribution in [0, 0.1) is 0 Å². The molecule has 3 rings (SSSR count). The number of nitrogens with one attached hydrogen (secondary N) is 2. The van der Waals surface area contributed by atoms with Crippen molar-refractivity contribution in [3.05, 3.63) is 53.1 Å². The van der Waals surface area contributed by atoms with E-state index in [1.165, 1.54) is 30.8 Å². The standard InChI is InChI=1S/C20H21ClN2O4S2/c1-12(9-19(24)22-11-14-5-3-4-6-16(14)21)29(26,27)15-7-8-18-17(10-15)23-20(25)13(2)28-18/h3-8,10,12-13H,9,11H2,1-2H3,(H,22,24)(H,23,25)/t12-,13-/m1/s1. The van der Waals surface area contributed by atoms with Gasteiger partial charge in [0.15, 0.2) is 9.84 Å². The first-order chi connectivity index (χ1) is 13.7. The maximum absolute atomic E-state index is 12.9. The van der Waals surface area contributed by atoms with E-state index in [0.717, 1.165) is 10.5 Å². The smallest absolute Gasteiger partial charge is 0.237 e. The maximum atomic E-state index is 12.9. The van der Waals surface area contributed by atoms with E-state index in [9.17, 15) is 18.0 Å². The number of carbonyl (C=O) groups excluding carboxylic acids is 2. The zero-order valence-corrected chi connectivity index (χ0v) is 18.3. The van der Waals surface area contributed by atoms with Crippen molar-refractivity contribution in [3.63, 3.8) is 0 Å². The number of amides is 2. The molecule has 0 saturated carbocycles. The number of thioether (sulfide) groups is 1. The average molecular weight is 453 g/mol. The zero-order valence-electron chi connectivity index (χ0n) is 15.9. The summed E-state index contributed by atoms with van der Waals surface area (Å²) in [4.78, 5) is 25.0. The third kappa shape index (κ3) is 4.94. The van der Waals surface area contributed by atoms with Gasteiger partial charge < -0.3 is 10.6 Å². The Labute approximate surface area is 179 Å². The van der Waals surface area contributed by atoms with Crippen LogP contribution in [-0.2, 0) is 26.0 Å². The lowest BCUT2D eigenvalue weighted by molar-refractivity contribution is -0.121. The summed E-state index contributed by atoms with van der Waals surface area (Å²) in [6.07, 6.45) is -0.179. The first-order valence-electron chi connectivity index (χ1n) is 9.04. The number of anilines is 1. The molecule has 29 heavy (non-hydrogen) atoms. The van der Waals surface area contributed by atoms with Crippen LogP contribution in [0.1, 0.15) is 25.8 Å². The van der Waals surface area contributed by atoms with Crippen molar-refractivity contribution in [2.24, 2.45) is 0 Å². The lowest BCUT2D eigenvalue weighted by Crippen LogP contribution is -2.30. The van der Waals surface area contributed by atoms with E-state index in [0.29, 0.717) is 10.7 Å². The first-order valence-corrected chi connectivity index (χ1v) is 11.8. The second-order valence-electron chi connectivity index (χ2n) is 6.84. The topological polar surface area (TPSA) is 92.3 Å². The van der Waals surface area contributed by atoms with Gasteiger partial charge in [-0.15, -0.1) is 11.8 Å². The Balaban J connectivity index is 1.67. The Kier molecular flexibility index (Phi) is 6.55. The summed E-state index contributed by atoms with van der Waals surface area (Å²) in [5.74, 6) is -0.541. The van der Waals surface area contributed by atoms with E-state index >= 15 is 0 Å². The highest BCUT2D eigenvalue weighted by atomic mass is 35.5. The zero-order chi connectivity index (χ0) is 21.2. The number of fused-ring (bicyclic) bond motifs is 1. The highest BCUT2D eigenvalue weighted by molar-refractivity contribution is 8.01. The van der Waals surface area contributed by atoms with Gasteiger partial charge in [0.1, 0.15) is 0 Å². The van der Waals surface area contributed by atoms with Gasteiger partial charge in [-0.25, -0.2) is 8.42 Å². The summed E-state index contributed by atoms with van der Waals surface area (Å²) in [7, 11) is -3.74. The maximum Gasteiger partial charge on any atom is 0.237 e. The van der Waals surface area contributed by atoms with Crippen molar-refractivity contribution in [2.75, 3.05) is 5.32 Å². The fraction of sp³-hybridized carbons (Fsp3) is 0.300. The molecule has 1 heterocycles. The van der Waals surface area contributed by atoms with Gasteiger partial charge in [0.2, 0.25) is 11.8 Å². The molecule has 0 aliphatic carbocycles. The molecule has 0 fully saturated rings. The third-order valence-corrected chi connectivity index (χ3v) is 8.33. The highest BCUT2D eigenvalue weighted by Gasteiger charge is 2.29. The molecule has 9 heteroatoms. The van der Waals surface area contributed by atoms with Crippen LogP contribution in [-0.4, -0.2) is 30.7 Å². The fourth-order valence-corrected chi connectivity index (χ4v) is 5.38. The lowest BCUT2D eigenvalue weighted by atomic mass is 10.2. The number of carbonyl (C=O) groups is 2. The highest BCUT2D eigenvalue weighted by Crippen LogP contribution is 2.37. The van der Waals surface area contributed by atoms with Crippen LogP contribution >= 0.6 is 23.4 Å². The van der Waals surface area contributed by atoms with Crippen molar-refractivity contribution < 1.29 is 18.0 Å². The Morgan fingerprint density at radius 2 is 2.00 bits per heavy atom. The van der Waals surface area contributed by atoms with Crippen molar-refractivity contribution in [1.29, 1.82) is 0 Å². The molecule has 2 atom stereocenters. The van der Waals surface area contributed by atoms with Crippen molar-refractivity contribution >= 4 is 50.7 Å². The summed E-state index contributed by atoms with van der Waals surface area (Å²) in [6.45, 7) is 3.52. The summed E-state index contributed by atoms with van der Waals surface area (Å²) >= 11 is 7.45. The monoisotopic (exact) mass is 452 g/mol. The van der Waals surface area contributed by atoms with Crippen molar-refractivity contribution in [3.8, 4) is 0 Å². The normalized spacial score (nSPS) is 17.2. The number of halogens is 1. The quantitative estimate of drug-likeness (QED) is 0.698. The van der Waals surface area contributed by atoms with Gasteiger partial charge >= 0.3 is 0 Å². The molecular weight excluding hydrogens is 432 g/mol. The lowest BCUT2D eigenvalue weighted by Gasteiger charge is -2.22. The molecule has 0 saturated heterocycles.